The lowest BCUT2D eigenvalue weighted by Gasteiger charge is -2.11. The Morgan fingerprint density at radius 1 is 1.65 bits per heavy atom. The van der Waals surface area contributed by atoms with E-state index < -0.39 is 5.97 Å². The predicted octanol–water partition coefficient (Wildman–Crippen LogP) is 1.95. The van der Waals surface area contributed by atoms with Crippen LogP contribution in [-0.4, -0.2) is 32.4 Å². The number of rotatable bonds is 7. The highest BCUT2D eigenvalue weighted by Crippen LogP contribution is 2.50. The summed E-state index contributed by atoms with van der Waals surface area (Å²) in [6.45, 7) is 0. The zero-order valence-corrected chi connectivity index (χ0v) is 10.9. The largest absolute Gasteiger partial charge is 0.481 e. The number of carboxylic acids is 1. The van der Waals surface area contributed by atoms with E-state index in [1.807, 2.05) is 35.9 Å². The normalized spacial score (nSPS) is 17.0. The van der Waals surface area contributed by atoms with E-state index in [-0.39, 0.29) is 5.41 Å². The Morgan fingerprint density at radius 3 is 2.94 bits per heavy atom. The van der Waals surface area contributed by atoms with Crippen molar-refractivity contribution in [2.75, 3.05) is 11.5 Å². The summed E-state index contributed by atoms with van der Waals surface area (Å²) in [5.74, 6) is 1.38. The van der Waals surface area contributed by atoms with Gasteiger partial charge in [0.05, 0.1) is 12.6 Å². The second-order valence-electron chi connectivity index (χ2n) is 4.90. The van der Waals surface area contributed by atoms with Crippen molar-refractivity contribution in [1.82, 2.24) is 9.78 Å². The number of hydrogen-bond acceptors (Lipinski definition) is 3. The van der Waals surface area contributed by atoms with Crippen LogP contribution >= 0.6 is 11.8 Å². The zero-order valence-electron chi connectivity index (χ0n) is 10.1. The number of hydrogen-bond donors (Lipinski definition) is 1. The van der Waals surface area contributed by atoms with Gasteiger partial charge in [-0.25, -0.2) is 0 Å². The molecule has 17 heavy (non-hydrogen) atoms. The van der Waals surface area contributed by atoms with Gasteiger partial charge in [0.2, 0.25) is 0 Å². The van der Waals surface area contributed by atoms with Crippen molar-refractivity contribution in [3.8, 4) is 0 Å². The maximum atomic E-state index is 10.7. The summed E-state index contributed by atoms with van der Waals surface area (Å²) in [6, 6.07) is 0. The molecule has 94 valence electrons. The smallest absolute Gasteiger partial charge is 0.303 e. The third-order valence-electron chi connectivity index (χ3n) is 3.19. The molecular weight excluding hydrogens is 236 g/mol. The van der Waals surface area contributed by atoms with E-state index in [1.165, 1.54) is 5.56 Å². The van der Waals surface area contributed by atoms with Gasteiger partial charge in [0.15, 0.2) is 0 Å². The summed E-state index contributed by atoms with van der Waals surface area (Å²) in [5.41, 5.74) is 1.37. The lowest BCUT2D eigenvalue weighted by Crippen LogP contribution is -2.11. The summed E-state index contributed by atoms with van der Waals surface area (Å²) >= 11 is 1.87. The van der Waals surface area contributed by atoms with Gasteiger partial charge >= 0.3 is 5.97 Å². The monoisotopic (exact) mass is 254 g/mol. The van der Waals surface area contributed by atoms with Gasteiger partial charge in [0, 0.05) is 13.2 Å². The van der Waals surface area contributed by atoms with Crippen LogP contribution in [0.25, 0.3) is 0 Å². The molecule has 2 rings (SSSR count). The van der Waals surface area contributed by atoms with Gasteiger partial charge in [-0.3, -0.25) is 9.48 Å². The first kappa shape index (κ1) is 12.5. The molecule has 0 spiro atoms. The van der Waals surface area contributed by atoms with E-state index in [4.69, 9.17) is 5.11 Å². The highest BCUT2D eigenvalue weighted by atomic mass is 32.2. The Balaban J connectivity index is 1.65. The molecule has 1 fully saturated rings. The molecule has 0 saturated heterocycles. The van der Waals surface area contributed by atoms with Crippen LogP contribution in [0.1, 0.15) is 24.8 Å². The summed E-state index contributed by atoms with van der Waals surface area (Å²) < 4.78 is 1.81. The average Bonchev–Trinajstić information content (AvgIpc) is 2.87. The van der Waals surface area contributed by atoms with Gasteiger partial charge in [-0.05, 0) is 41.7 Å². The Morgan fingerprint density at radius 2 is 2.41 bits per heavy atom. The Bertz CT molecular complexity index is 399. The van der Waals surface area contributed by atoms with Crippen molar-refractivity contribution in [2.45, 2.75) is 25.7 Å². The van der Waals surface area contributed by atoms with Gasteiger partial charge in [-0.1, -0.05) is 0 Å². The van der Waals surface area contributed by atoms with Crippen LogP contribution in [0.3, 0.4) is 0 Å². The third-order valence-corrected chi connectivity index (χ3v) is 4.49. The van der Waals surface area contributed by atoms with Crippen LogP contribution in [0.15, 0.2) is 12.4 Å². The molecule has 5 heteroatoms. The van der Waals surface area contributed by atoms with Crippen molar-refractivity contribution in [2.24, 2.45) is 12.5 Å². The highest BCUT2D eigenvalue weighted by Gasteiger charge is 2.43. The van der Waals surface area contributed by atoms with Crippen LogP contribution < -0.4 is 0 Å². The Kier molecular flexibility index (Phi) is 3.76. The predicted molar refractivity (Wildman–Crippen MR) is 68.2 cm³/mol. The highest BCUT2D eigenvalue weighted by molar-refractivity contribution is 7.99. The van der Waals surface area contributed by atoms with Crippen molar-refractivity contribution in [3.05, 3.63) is 18.0 Å². The van der Waals surface area contributed by atoms with E-state index in [1.54, 1.807) is 0 Å². The van der Waals surface area contributed by atoms with E-state index in [0.717, 1.165) is 30.8 Å². The van der Waals surface area contributed by atoms with Crippen molar-refractivity contribution >= 4 is 17.7 Å². The SMILES string of the molecule is Cn1cc(CCSCC2(CC(=O)O)CC2)cn1. The molecule has 0 amide bonds. The van der Waals surface area contributed by atoms with Crippen LogP contribution in [0.2, 0.25) is 0 Å². The van der Waals surface area contributed by atoms with Crippen LogP contribution in [-0.2, 0) is 18.3 Å². The molecule has 0 bridgehead atoms. The minimum absolute atomic E-state index is 0.117. The van der Waals surface area contributed by atoms with Crippen LogP contribution in [0.4, 0.5) is 0 Å². The maximum Gasteiger partial charge on any atom is 0.303 e. The number of carboxylic acid groups (broad SMARTS) is 1. The van der Waals surface area contributed by atoms with Gasteiger partial charge in [-0.2, -0.15) is 16.9 Å². The molecule has 0 aliphatic heterocycles. The zero-order chi connectivity index (χ0) is 12.3. The first-order chi connectivity index (χ1) is 8.10. The van der Waals surface area contributed by atoms with E-state index in [0.29, 0.717) is 6.42 Å². The maximum absolute atomic E-state index is 10.7. The van der Waals surface area contributed by atoms with Gasteiger partial charge in [0.25, 0.3) is 0 Å². The summed E-state index contributed by atoms with van der Waals surface area (Å²) in [6.07, 6.45) is 7.45. The quantitative estimate of drug-likeness (QED) is 0.756. The molecule has 0 atom stereocenters. The molecule has 0 aromatic carbocycles. The van der Waals surface area contributed by atoms with Crippen molar-refractivity contribution in [1.29, 1.82) is 0 Å². The summed E-state index contributed by atoms with van der Waals surface area (Å²) in [7, 11) is 1.92. The lowest BCUT2D eigenvalue weighted by atomic mass is 10.1. The molecule has 1 aromatic heterocycles. The van der Waals surface area contributed by atoms with Crippen LogP contribution in [0.5, 0.6) is 0 Å². The Hall–Kier alpha value is -0.970. The number of nitrogens with zero attached hydrogens (tertiary/aromatic N) is 2. The number of thioether (sulfide) groups is 1. The van der Waals surface area contributed by atoms with E-state index in [9.17, 15) is 4.79 Å². The topological polar surface area (TPSA) is 55.1 Å². The Labute approximate surface area is 105 Å². The van der Waals surface area contributed by atoms with E-state index >= 15 is 0 Å². The molecule has 0 radical (unpaired) electrons. The standard InChI is InChI=1S/C12H18N2O2S/c1-14-8-10(7-13-14)2-5-17-9-12(3-4-12)6-11(15)16/h7-8H,2-6,9H2,1H3,(H,15,16). The summed E-state index contributed by atoms with van der Waals surface area (Å²) in [4.78, 5) is 10.7. The molecule has 0 unspecified atom stereocenters. The molecule has 1 aliphatic carbocycles. The number of aliphatic carboxylic acids is 1. The molecule has 1 aromatic rings. The second-order valence-corrected chi connectivity index (χ2v) is 6.00. The van der Waals surface area contributed by atoms with Gasteiger partial charge < -0.3 is 5.11 Å². The average molecular weight is 254 g/mol. The van der Waals surface area contributed by atoms with Gasteiger partial charge in [0.1, 0.15) is 0 Å². The molecular formula is C12H18N2O2S. The lowest BCUT2D eigenvalue weighted by molar-refractivity contribution is -0.138. The third kappa shape index (κ3) is 3.77. The van der Waals surface area contributed by atoms with Crippen LogP contribution in [0, 0.1) is 5.41 Å². The minimum atomic E-state index is -0.657. The molecule has 1 saturated carbocycles. The molecule has 4 nitrogen and oxygen atoms in total. The number of aryl methyl sites for hydroxylation is 2. The molecule has 1 N–H and O–H groups in total. The minimum Gasteiger partial charge on any atom is -0.481 e. The number of carbonyl (C=O) groups is 1. The van der Waals surface area contributed by atoms with Crippen molar-refractivity contribution in [3.63, 3.8) is 0 Å². The fraction of sp³-hybridized carbons (Fsp3) is 0.667. The first-order valence-electron chi connectivity index (χ1n) is 5.87. The first-order valence-corrected chi connectivity index (χ1v) is 7.02. The molecule has 1 aliphatic rings. The fourth-order valence-corrected chi connectivity index (χ4v) is 3.30. The fourth-order valence-electron chi connectivity index (χ4n) is 1.95. The van der Waals surface area contributed by atoms with E-state index in [2.05, 4.69) is 5.10 Å². The second kappa shape index (κ2) is 5.12. The van der Waals surface area contributed by atoms with Gasteiger partial charge in [-0.15, -0.1) is 0 Å². The summed E-state index contributed by atoms with van der Waals surface area (Å²) in [5, 5.41) is 12.9. The van der Waals surface area contributed by atoms with Crippen molar-refractivity contribution < 1.29 is 9.90 Å². The molecule has 1 heterocycles. The number of aromatic nitrogens is 2.